The minimum Gasteiger partial charge on any atom is -0.360 e. The van der Waals surface area contributed by atoms with Gasteiger partial charge in [0.05, 0.1) is 19.2 Å². The molecule has 1 aliphatic rings. The fourth-order valence-electron chi connectivity index (χ4n) is 1.60. The Balaban J connectivity index is 2.25. The second-order valence-electron chi connectivity index (χ2n) is 3.44. The number of nitrogens with zero attached hydrogens (tertiary/aromatic N) is 4. The highest BCUT2D eigenvalue weighted by Crippen LogP contribution is 2.29. The van der Waals surface area contributed by atoms with Crippen LogP contribution in [-0.4, -0.2) is 35.8 Å². The molecule has 1 unspecified atom stereocenters. The summed E-state index contributed by atoms with van der Waals surface area (Å²) < 4.78 is 5.96. The third kappa shape index (κ3) is 2.46. The highest BCUT2D eigenvalue weighted by atomic mass is 79.9. The molecule has 0 bridgehead atoms. The molecule has 1 fully saturated rings. The molecule has 1 saturated heterocycles. The van der Waals surface area contributed by atoms with Crippen LogP contribution in [0.15, 0.2) is 10.8 Å². The minimum atomic E-state index is -0.431. The van der Waals surface area contributed by atoms with Crippen molar-refractivity contribution < 1.29 is 4.74 Å². The number of ether oxygens (including phenoxy) is 1. The Kier molecular flexibility index (Phi) is 3.73. The first-order chi connectivity index (χ1) is 8.26. The van der Waals surface area contributed by atoms with Gasteiger partial charge >= 0.3 is 0 Å². The molecule has 8 heteroatoms. The quantitative estimate of drug-likeness (QED) is 0.596. The van der Waals surface area contributed by atoms with Crippen LogP contribution in [0.3, 0.4) is 0 Å². The first-order valence-electron chi connectivity index (χ1n) is 4.99. The second-order valence-corrected chi connectivity index (χ2v) is 4.23. The average Bonchev–Trinajstić information content (AvgIpc) is 2.39. The van der Waals surface area contributed by atoms with Gasteiger partial charge in [0.15, 0.2) is 11.9 Å². The summed E-state index contributed by atoms with van der Waals surface area (Å²) in [6, 6.07) is 2.09. The van der Waals surface area contributed by atoms with Crippen LogP contribution in [0.1, 0.15) is 0 Å². The Labute approximate surface area is 107 Å². The molecular weight excluding hydrogens is 288 g/mol. The van der Waals surface area contributed by atoms with Gasteiger partial charge in [0.1, 0.15) is 16.6 Å². The Morgan fingerprint density at radius 1 is 1.65 bits per heavy atom. The Hall–Kier alpha value is -1.43. The third-order valence-corrected chi connectivity index (χ3v) is 3.15. The number of anilines is 2. The highest BCUT2D eigenvalue weighted by molar-refractivity contribution is 9.10. The van der Waals surface area contributed by atoms with Gasteiger partial charge in [-0.1, -0.05) is 0 Å². The average molecular weight is 299 g/mol. The lowest BCUT2D eigenvalue weighted by atomic mass is 10.3. The van der Waals surface area contributed by atoms with Crippen molar-refractivity contribution in [3.63, 3.8) is 0 Å². The van der Waals surface area contributed by atoms with Gasteiger partial charge in [0, 0.05) is 6.54 Å². The second kappa shape index (κ2) is 5.27. The molecule has 7 nitrogen and oxygen atoms in total. The maximum Gasteiger partial charge on any atom is 0.161 e. The molecule has 2 heterocycles. The van der Waals surface area contributed by atoms with E-state index in [4.69, 9.17) is 15.8 Å². The molecule has 2 rings (SSSR count). The van der Waals surface area contributed by atoms with Gasteiger partial charge < -0.3 is 15.1 Å². The van der Waals surface area contributed by atoms with Crippen molar-refractivity contribution in [3.05, 3.63) is 10.8 Å². The molecule has 3 N–H and O–H groups in total. The van der Waals surface area contributed by atoms with Crippen LogP contribution >= 0.6 is 15.9 Å². The standard InChI is InChI=1S/C9H11BrN6O/c10-7-8(15-12)13-5-14-9(7)16-1-2-17-6(3-11)4-16/h5-6H,1-2,4,12H2,(H,13,14,15). The maximum absolute atomic E-state index is 8.85. The van der Waals surface area contributed by atoms with Crippen LogP contribution in [0, 0.1) is 11.3 Å². The van der Waals surface area contributed by atoms with Crippen LogP contribution in [0.4, 0.5) is 11.6 Å². The highest BCUT2D eigenvalue weighted by Gasteiger charge is 2.23. The summed E-state index contributed by atoms with van der Waals surface area (Å²) in [5.74, 6) is 6.55. The van der Waals surface area contributed by atoms with Crippen LogP contribution < -0.4 is 16.2 Å². The number of hydrogen-bond acceptors (Lipinski definition) is 7. The van der Waals surface area contributed by atoms with E-state index in [-0.39, 0.29) is 0 Å². The monoisotopic (exact) mass is 298 g/mol. The smallest absolute Gasteiger partial charge is 0.161 e. The van der Waals surface area contributed by atoms with Crippen LogP contribution in [0.5, 0.6) is 0 Å². The number of aromatic nitrogens is 2. The number of rotatable bonds is 2. The normalized spacial score (nSPS) is 19.8. The van der Waals surface area contributed by atoms with E-state index in [9.17, 15) is 0 Å². The minimum absolute atomic E-state index is 0.431. The van der Waals surface area contributed by atoms with E-state index in [0.29, 0.717) is 35.8 Å². The fraction of sp³-hybridized carbons (Fsp3) is 0.444. The molecule has 0 radical (unpaired) electrons. The molecule has 0 aliphatic carbocycles. The number of morpholine rings is 1. The molecule has 1 aromatic rings. The Morgan fingerprint density at radius 2 is 2.47 bits per heavy atom. The summed E-state index contributed by atoms with van der Waals surface area (Å²) >= 11 is 3.39. The molecular formula is C9H11BrN6O. The number of nitrogens with two attached hydrogens (primary N) is 1. The number of nitriles is 1. The van der Waals surface area contributed by atoms with E-state index in [1.807, 2.05) is 4.90 Å². The zero-order valence-electron chi connectivity index (χ0n) is 8.93. The predicted molar refractivity (Wildman–Crippen MR) is 65.1 cm³/mol. The molecule has 1 atom stereocenters. The van der Waals surface area contributed by atoms with Crippen LogP contribution in [-0.2, 0) is 4.74 Å². The molecule has 0 amide bonds. The summed E-state index contributed by atoms with van der Waals surface area (Å²) in [5.41, 5.74) is 2.48. The van der Waals surface area contributed by atoms with Crippen molar-refractivity contribution in [2.75, 3.05) is 30.0 Å². The molecule has 0 aromatic carbocycles. The van der Waals surface area contributed by atoms with Crippen molar-refractivity contribution in [3.8, 4) is 6.07 Å². The summed E-state index contributed by atoms with van der Waals surface area (Å²) in [6.07, 6.45) is 0.992. The lowest BCUT2D eigenvalue weighted by Gasteiger charge is -2.31. The van der Waals surface area contributed by atoms with E-state index in [1.165, 1.54) is 6.33 Å². The van der Waals surface area contributed by atoms with Gasteiger partial charge in [-0.15, -0.1) is 0 Å². The van der Waals surface area contributed by atoms with Crippen LogP contribution in [0.2, 0.25) is 0 Å². The first kappa shape index (κ1) is 12.0. The Bertz CT molecular complexity index is 448. The lowest BCUT2D eigenvalue weighted by molar-refractivity contribution is 0.0761. The van der Waals surface area contributed by atoms with Gasteiger partial charge in [-0.25, -0.2) is 15.8 Å². The lowest BCUT2D eigenvalue weighted by Crippen LogP contribution is -2.42. The van der Waals surface area contributed by atoms with E-state index in [1.54, 1.807) is 0 Å². The largest absolute Gasteiger partial charge is 0.360 e. The zero-order valence-corrected chi connectivity index (χ0v) is 10.5. The van der Waals surface area contributed by atoms with E-state index in [2.05, 4.69) is 37.4 Å². The van der Waals surface area contributed by atoms with Gasteiger partial charge in [-0.05, 0) is 15.9 Å². The SMILES string of the molecule is N#CC1CN(c2ncnc(NN)c2Br)CCO1. The summed E-state index contributed by atoms with van der Waals surface area (Å²) in [5, 5.41) is 8.85. The van der Waals surface area contributed by atoms with E-state index >= 15 is 0 Å². The number of halogens is 1. The van der Waals surface area contributed by atoms with Crippen molar-refractivity contribution in [1.29, 1.82) is 5.26 Å². The Morgan fingerprint density at radius 3 is 3.18 bits per heavy atom. The predicted octanol–water partition coefficient (Wildman–Crippen LogP) is 0.253. The fourth-order valence-corrected chi connectivity index (χ4v) is 2.17. The van der Waals surface area contributed by atoms with Crippen molar-refractivity contribution in [2.24, 2.45) is 5.84 Å². The van der Waals surface area contributed by atoms with E-state index < -0.39 is 6.10 Å². The van der Waals surface area contributed by atoms with Gasteiger partial charge in [0.25, 0.3) is 0 Å². The number of nitrogen functional groups attached to an aromatic ring is 1. The third-order valence-electron chi connectivity index (χ3n) is 2.42. The summed E-state index contributed by atoms with van der Waals surface area (Å²) in [7, 11) is 0. The van der Waals surface area contributed by atoms with Gasteiger partial charge in [-0.2, -0.15) is 5.26 Å². The van der Waals surface area contributed by atoms with Crippen molar-refractivity contribution in [1.82, 2.24) is 9.97 Å². The molecule has 1 aromatic heterocycles. The van der Waals surface area contributed by atoms with Crippen LogP contribution in [0.25, 0.3) is 0 Å². The molecule has 17 heavy (non-hydrogen) atoms. The number of nitrogens with one attached hydrogen (secondary N) is 1. The van der Waals surface area contributed by atoms with E-state index in [0.717, 1.165) is 0 Å². The molecule has 1 aliphatic heterocycles. The van der Waals surface area contributed by atoms with Gasteiger partial charge in [-0.3, -0.25) is 0 Å². The number of hydrazine groups is 1. The number of hydrogen-bond donors (Lipinski definition) is 2. The zero-order chi connectivity index (χ0) is 12.3. The molecule has 90 valence electrons. The maximum atomic E-state index is 8.85. The summed E-state index contributed by atoms with van der Waals surface area (Å²) in [4.78, 5) is 10.1. The van der Waals surface area contributed by atoms with Crippen molar-refractivity contribution >= 4 is 27.6 Å². The first-order valence-corrected chi connectivity index (χ1v) is 5.79. The molecule has 0 spiro atoms. The van der Waals surface area contributed by atoms with Gasteiger partial charge in [0.2, 0.25) is 0 Å². The topological polar surface area (TPSA) is 100 Å². The molecule has 0 saturated carbocycles. The van der Waals surface area contributed by atoms with Crippen molar-refractivity contribution in [2.45, 2.75) is 6.10 Å². The summed E-state index contributed by atoms with van der Waals surface area (Å²) in [6.45, 7) is 1.66.